The Kier molecular flexibility index (Phi) is 9.48. The molecule has 0 aromatic heterocycles. The average Bonchev–Trinajstić information content (AvgIpc) is 2.97. The zero-order chi connectivity index (χ0) is 27.2. The first-order valence-electron chi connectivity index (χ1n) is 14.4. The summed E-state index contributed by atoms with van der Waals surface area (Å²) in [6.45, 7) is 4.17. The number of piperidine rings is 3. The van der Waals surface area contributed by atoms with Gasteiger partial charge >= 0.3 is 6.09 Å². The predicted octanol–water partition coefficient (Wildman–Crippen LogP) is 5.44. The summed E-state index contributed by atoms with van der Waals surface area (Å²) < 4.78 is 34.9. The highest BCUT2D eigenvalue weighted by Gasteiger charge is 2.38. The van der Waals surface area contributed by atoms with Crippen LogP contribution in [0.5, 0.6) is 0 Å². The lowest BCUT2D eigenvalue weighted by molar-refractivity contribution is 0.0479. The van der Waals surface area contributed by atoms with Gasteiger partial charge in [-0.15, -0.1) is 0 Å². The molecule has 0 saturated carbocycles. The van der Waals surface area contributed by atoms with E-state index in [1.54, 1.807) is 33.5 Å². The van der Waals surface area contributed by atoms with Crippen molar-refractivity contribution in [1.82, 2.24) is 14.1 Å². The number of hydrogen-bond acceptors (Lipinski definition) is 5. The van der Waals surface area contributed by atoms with Crippen LogP contribution in [0, 0.1) is 5.92 Å². The fourth-order valence-corrected chi connectivity index (χ4v) is 8.18. The molecule has 5 rings (SSSR count). The maximum Gasteiger partial charge on any atom is 0.409 e. The summed E-state index contributed by atoms with van der Waals surface area (Å²) in [5.41, 5.74) is 1.20. The van der Waals surface area contributed by atoms with Gasteiger partial charge in [0.2, 0.25) is 10.0 Å². The Morgan fingerprint density at radius 1 is 0.872 bits per heavy atom. The first kappa shape index (κ1) is 28.4. The molecule has 9 heteroatoms. The molecule has 1 amide bonds. The molecule has 3 aliphatic heterocycles. The highest BCUT2D eigenvalue weighted by atomic mass is 35.5. The molecule has 0 aliphatic carbocycles. The summed E-state index contributed by atoms with van der Waals surface area (Å²) in [7, 11) is -3.78. The van der Waals surface area contributed by atoms with Crippen molar-refractivity contribution >= 4 is 27.7 Å². The zero-order valence-corrected chi connectivity index (χ0v) is 24.2. The van der Waals surface area contributed by atoms with Crippen molar-refractivity contribution in [3.05, 3.63) is 65.2 Å². The molecule has 0 spiro atoms. The molecule has 3 heterocycles. The van der Waals surface area contributed by atoms with Crippen molar-refractivity contribution in [3.63, 3.8) is 0 Å². The van der Waals surface area contributed by atoms with E-state index in [0.29, 0.717) is 37.1 Å². The fourth-order valence-electron chi connectivity index (χ4n) is 6.34. The number of likely N-dealkylation sites (tertiary alicyclic amines) is 2. The molecule has 2 atom stereocenters. The summed E-state index contributed by atoms with van der Waals surface area (Å²) >= 11 is 6.03. The Balaban J connectivity index is 1.22. The molecule has 212 valence electrons. The number of hydrogen-bond donors (Lipinski definition) is 0. The first-order chi connectivity index (χ1) is 18.9. The van der Waals surface area contributed by atoms with Crippen molar-refractivity contribution in [3.8, 4) is 0 Å². The summed E-state index contributed by atoms with van der Waals surface area (Å²) in [5, 5.41) is 0.490. The van der Waals surface area contributed by atoms with E-state index in [9.17, 15) is 13.2 Å². The van der Waals surface area contributed by atoms with Gasteiger partial charge in [0.05, 0.1) is 10.9 Å². The lowest BCUT2D eigenvalue weighted by Crippen LogP contribution is -2.51. The van der Waals surface area contributed by atoms with Crippen LogP contribution in [0.3, 0.4) is 0 Å². The smallest absolute Gasteiger partial charge is 0.409 e. The molecule has 0 N–H and O–H groups in total. The summed E-state index contributed by atoms with van der Waals surface area (Å²) in [5.74, 6) is 0.190. The molecule has 3 saturated heterocycles. The normalized spacial score (nSPS) is 24.0. The van der Waals surface area contributed by atoms with E-state index in [0.717, 1.165) is 25.7 Å². The minimum absolute atomic E-state index is 0.0652. The van der Waals surface area contributed by atoms with Gasteiger partial charge in [0.25, 0.3) is 0 Å². The predicted molar refractivity (Wildman–Crippen MR) is 153 cm³/mol. The number of amides is 1. The van der Waals surface area contributed by atoms with Gasteiger partial charge in [0.1, 0.15) is 6.61 Å². The van der Waals surface area contributed by atoms with Gasteiger partial charge in [-0.25, -0.2) is 13.2 Å². The van der Waals surface area contributed by atoms with Crippen LogP contribution < -0.4 is 0 Å². The Morgan fingerprint density at radius 3 is 2.26 bits per heavy atom. The van der Waals surface area contributed by atoms with E-state index in [-0.39, 0.29) is 23.5 Å². The van der Waals surface area contributed by atoms with E-state index in [1.165, 1.54) is 37.9 Å². The molecular formula is C30H40ClN3O4S. The monoisotopic (exact) mass is 573 g/mol. The quantitative estimate of drug-likeness (QED) is 0.441. The lowest BCUT2D eigenvalue weighted by Gasteiger charge is -2.40. The molecule has 2 aromatic carbocycles. The number of benzene rings is 2. The Labute approximate surface area is 238 Å². The van der Waals surface area contributed by atoms with Crippen molar-refractivity contribution in [1.29, 1.82) is 0 Å². The summed E-state index contributed by atoms with van der Waals surface area (Å²) in [6.07, 6.45) is 7.80. The van der Waals surface area contributed by atoms with Crippen LogP contribution in [0.25, 0.3) is 0 Å². The minimum atomic E-state index is -3.78. The molecule has 3 aliphatic rings. The van der Waals surface area contributed by atoms with Gasteiger partial charge in [-0.05, 0) is 93.8 Å². The summed E-state index contributed by atoms with van der Waals surface area (Å²) in [6, 6.07) is 16.6. The van der Waals surface area contributed by atoms with Crippen LogP contribution >= 0.6 is 11.6 Å². The van der Waals surface area contributed by atoms with Gasteiger partial charge in [-0.1, -0.05) is 48.4 Å². The highest BCUT2D eigenvalue weighted by Crippen LogP contribution is 2.31. The van der Waals surface area contributed by atoms with Crippen molar-refractivity contribution in [2.24, 2.45) is 5.92 Å². The van der Waals surface area contributed by atoms with Crippen LogP contribution in [-0.4, -0.2) is 80.0 Å². The average molecular weight is 574 g/mol. The van der Waals surface area contributed by atoms with Gasteiger partial charge in [-0.3, -0.25) is 0 Å². The number of sulfonamides is 1. The second-order valence-electron chi connectivity index (χ2n) is 11.2. The summed E-state index contributed by atoms with van der Waals surface area (Å²) in [4.78, 5) is 17.6. The molecule has 0 unspecified atom stereocenters. The van der Waals surface area contributed by atoms with Crippen molar-refractivity contribution in [2.75, 3.05) is 39.3 Å². The van der Waals surface area contributed by atoms with Crippen LogP contribution in [0.15, 0.2) is 59.5 Å². The Morgan fingerprint density at radius 2 is 1.56 bits per heavy atom. The van der Waals surface area contributed by atoms with Crippen molar-refractivity contribution < 1.29 is 17.9 Å². The molecule has 7 nitrogen and oxygen atoms in total. The van der Waals surface area contributed by atoms with Gasteiger partial charge in [0.15, 0.2) is 0 Å². The maximum atomic E-state index is 13.8. The van der Waals surface area contributed by atoms with Crippen LogP contribution in [0.2, 0.25) is 5.02 Å². The molecule has 3 fully saturated rings. The van der Waals surface area contributed by atoms with Gasteiger partial charge in [-0.2, -0.15) is 4.31 Å². The van der Waals surface area contributed by atoms with Crippen LogP contribution in [0.1, 0.15) is 50.5 Å². The lowest BCUT2D eigenvalue weighted by atomic mass is 9.89. The first-order valence-corrected chi connectivity index (χ1v) is 16.2. The second-order valence-corrected chi connectivity index (χ2v) is 13.5. The number of rotatable bonds is 7. The Bertz CT molecular complexity index is 1180. The second kappa shape index (κ2) is 13.0. The van der Waals surface area contributed by atoms with Crippen LogP contribution in [0.4, 0.5) is 4.79 Å². The topological polar surface area (TPSA) is 70.2 Å². The third kappa shape index (κ3) is 7.15. The van der Waals surface area contributed by atoms with Crippen LogP contribution in [-0.2, 0) is 21.2 Å². The number of carbonyl (C=O) groups excluding carboxylic acids is 1. The highest BCUT2D eigenvalue weighted by molar-refractivity contribution is 7.89. The van der Waals surface area contributed by atoms with E-state index in [1.807, 2.05) is 18.2 Å². The minimum Gasteiger partial charge on any atom is -0.448 e. The SMILES string of the molecule is O=C(OC[C@H]1CC[C@@H](Cc2ccccc2)CN1S(=O)(=O)c1ccc(Cl)cc1)N1CCC(N2CCCCC2)CC1. The van der Waals surface area contributed by atoms with E-state index in [4.69, 9.17) is 16.3 Å². The van der Waals surface area contributed by atoms with Crippen molar-refractivity contribution in [2.45, 2.75) is 68.3 Å². The van der Waals surface area contributed by atoms with Gasteiger partial charge in [0, 0.05) is 30.7 Å². The van der Waals surface area contributed by atoms with E-state index < -0.39 is 16.1 Å². The number of nitrogens with zero attached hydrogens (tertiary/aromatic N) is 3. The van der Waals surface area contributed by atoms with E-state index in [2.05, 4.69) is 17.0 Å². The number of halogens is 1. The molecular weight excluding hydrogens is 534 g/mol. The molecule has 0 bridgehead atoms. The standard InChI is InChI=1S/C30H40ClN3O4S/c31-26-10-13-29(14-11-26)39(36,37)34-22-25(21-24-7-3-1-4-8-24)9-12-28(34)23-38-30(35)33-19-15-27(16-20-33)32-17-5-2-6-18-32/h1,3-4,7-8,10-11,13-14,25,27-28H,2,5-6,9,12,15-23H2/t25-,28+/m0/s1. The third-order valence-electron chi connectivity index (χ3n) is 8.57. The molecule has 0 radical (unpaired) electrons. The number of carbonyl (C=O) groups is 1. The number of ether oxygens (including phenoxy) is 1. The fraction of sp³-hybridized carbons (Fsp3) is 0.567. The maximum absolute atomic E-state index is 13.8. The molecule has 2 aromatic rings. The zero-order valence-electron chi connectivity index (χ0n) is 22.6. The van der Waals surface area contributed by atoms with E-state index >= 15 is 0 Å². The molecule has 39 heavy (non-hydrogen) atoms. The largest absolute Gasteiger partial charge is 0.448 e. The third-order valence-corrected chi connectivity index (χ3v) is 10.8. The Hall–Kier alpha value is -2.13. The van der Waals surface area contributed by atoms with Gasteiger partial charge < -0.3 is 14.5 Å².